The summed E-state index contributed by atoms with van der Waals surface area (Å²) in [6, 6.07) is 7.28. The van der Waals surface area contributed by atoms with Crippen LogP contribution in [0, 0.1) is 0 Å². The molecule has 2 atom stereocenters. The number of sulfone groups is 1. The van der Waals surface area contributed by atoms with Crippen LogP contribution in [-0.2, 0) is 26.3 Å². The molecule has 0 radical (unpaired) electrons. The molecule has 1 aromatic rings. The molecule has 0 fully saturated rings. The average Bonchev–Trinajstić information content (AvgIpc) is 2.63. The highest BCUT2D eigenvalue weighted by atomic mass is 79.9. The molecule has 0 heterocycles. The molecule has 0 aromatic heterocycles. The molecule has 2 rings (SSSR count). The van der Waals surface area contributed by atoms with E-state index in [1.807, 2.05) is 24.3 Å². The van der Waals surface area contributed by atoms with Crippen molar-refractivity contribution in [1.82, 2.24) is 4.72 Å². The predicted molar refractivity (Wildman–Crippen MR) is 82.2 cm³/mol. The molecule has 0 aliphatic heterocycles. The van der Waals surface area contributed by atoms with E-state index in [0.717, 1.165) is 23.8 Å². The van der Waals surface area contributed by atoms with Crippen LogP contribution in [0.15, 0.2) is 24.3 Å². The van der Waals surface area contributed by atoms with E-state index in [1.165, 1.54) is 0 Å². The number of benzene rings is 1. The Kier molecular flexibility index (Phi) is 4.58. The Hall–Kier alpha value is -0.440. The Balaban J connectivity index is 2.14. The summed E-state index contributed by atoms with van der Waals surface area (Å²) in [5.74, 6) is -0.784. The first-order chi connectivity index (χ1) is 9.18. The molecular formula is C12H16BrNO4S2. The maximum Gasteiger partial charge on any atom is 0.213 e. The lowest BCUT2D eigenvalue weighted by Crippen LogP contribution is -2.35. The Bertz CT molecular complexity index is 700. The molecule has 0 saturated heterocycles. The molecular weight excluding hydrogens is 366 g/mol. The summed E-state index contributed by atoms with van der Waals surface area (Å²) in [5, 5.41) is 0. The highest BCUT2D eigenvalue weighted by Gasteiger charge is 2.33. The van der Waals surface area contributed by atoms with Crippen molar-refractivity contribution in [2.75, 3.05) is 17.8 Å². The third-order valence-corrected chi connectivity index (χ3v) is 6.61. The molecule has 5 nitrogen and oxygen atoms in total. The van der Waals surface area contributed by atoms with Crippen molar-refractivity contribution >= 4 is 35.8 Å². The zero-order chi connectivity index (χ0) is 15.0. The number of hydrogen-bond donors (Lipinski definition) is 1. The zero-order valence-electron chi connectivity index (χ0n) is 10.9. The SMILES string of the molecule is CS(=O)(=O)CCS(=O)(=O)NC1c2ccccc2CC1Br. The summed E-state index contributed by atoms with van der Waals surface area (Å²) in [6.07, 6.45) is 1.77. The van der Waals surface area contributed by atoms with E-state index in [2.05, 4.69) is 20.7 Å². The lowest BCUT2D eigenvalue weighted by molar-refractivity contribution is 0.559. The molecule has 0 bridgehead atoms. The number of nitrogens with one attached hydrogen (secondary N) is 1. The first-order valence-electron chi connectivity index (χ1n) is 6.07. The van der Waals surface area contributed by atoms with Crippen molar-refractivity contribution in [2.45, 2.75) is 17.3 Å². The standard InChI is InChI=1S/C12H16BrNO4S2/c1-19(15,16)6-7-20(17,18)14-12-10-5-3-2-4-9(10)8-11(12)13/h2-5,11-12,14H,6-8H2,1H3. The van der Waals surface area contributed by atoms with Crippen LogP contribution in [0.25, 0.3) is 0 Å². The van der Waals surface area contributed by atoms with Gasteiger partial charge in [0.05, 0.1) is 17.5 Å². The maximum absolute atomic E-state index is 12.0. The Labute approximate surface area is 127 Å². The predicted octanol–water partition coefficient (Wildman–Crippen LogP) is 1.01. The molecule has 0 saturated carbocycles. The van der Waals surface area contributed by atoms with Crippen LogP contribution in [0.2, 0.25) is 0 Å². The minimum absolute atomic E-state index is 0.0205. The smallest absolute Gasteiger partial charge is 0.213 e. The van der Waals surface area contributed by atoms with Gasteiger partial charge in [-0.15, -0.1) is 0 Å². The van der Waals surface area contributed by atoms with Crippen LogP contribution in [0.3, 0.4) is 0 Å². The normalized spacial score (nSPS) is 22.7. The molecule has 112 valence electrons. The van der Waals surface area contributed by atoms with Crippen molar-refractivity contribution in [3.05, 3.63) is 35.4 Å². The van der Waals surface area contributed by atoms with E-state index in [0.29, 0.717) is 0 Å². The summed E-state index contributed by atoms with van der Waals surface area (Å²) in [6.45, 7) is 0. The second kappa shape index (κ2) is 5.75. The Morgan fingerprint density at radius 2 is 1.85 bits per heavy atom. The average molecular weight is 382 g/mol. The van der Waals surface area contributed by atoms with Gasteiger partial charge in [-0.05, 0) is 17.5 Å². The highest BCUT2D eigenvalue weighted by molar-refractivity contribution is 9.09. The molecule has 2 unspecified atom stereocenters. The summed E-state index contributed by atoms with van der Waals surface area (Å²) in [5.41, 5.74) is 2.04. The van der Waals surface area contributed by atoms with Gasteiger partial charge in [0.1, 0.15) is 9.84 Å². The lowest BCUT2D eigenvalue weighted by Gasteiger charge is -2.17. The molecule has 1 aliphatic rings. The van der Waals surface area contributed by atoms with E-state index in [4.69, 9.17) is 0 Å². The second-order valence-corrected chi connectivity index (χ2v) is 10.3. The molecule has 1 aromatic carbocycles. The summed E-state index contributed by atoms with van der Waals surface area (Å²) < 4.78 is 48.7. The first-order valence-corrected chi connectivity index (χ1v) is 10.7. The van der Waals surface area contributed by atoms with Gasteiger partial charge in [-0.25, -0.2) is 21.6 Å². The van der Waals surface area contributed by atoms with E-state index in [1.54, 1.807) is 0 Å². The number of alkyl halides is 1. The van der Waals surface area contributed by atoms with Gasteiger partial charge in [-0.1, -0.05) is 40.2 Å². The minimum atomic E-state index is -3.63. The minimum Gasteiger partial charge on any atom is -0.229 e. The fourth-order valence-corrected chi connectivity index (χ4v) is 6.02. The van der Waals surface area contributed by atoms with Gasteiger partial charge in [0.25, 0.3) is 0 Å². The first kappa shape index (κ1) is 15.9. The van der Waals surface area contributed by atoms with Crippen LogP contribution >= 0.6 is 15.9 Å². The topological polar surface area (TPSA) is 80.3 Å². The van der Waals surface area contributed by atoms with E-state index < -0.39 is 25.6 Å². The van der Waals surface area contributed by atoms with Gasteiger partial charge >= 0.3 is 0 Å². The zero-order valence-corrected chi connectivity index (χ0v) is 14.1. The lowest BCUT2D eigenvalue weighted by atomic mass is 10.1. The van der Waals surface area contributed by atoms with Gasteiger partial charge < -0.3 is 0 Å². The third-order valence-electron chi connectivity index (χ3n) is 3.20. The van der Waals surface area contributed by atoms with Crippen LogP contribution in [-0.4, -0.2) is 39.4 Å². The van der Waals surface area contributed by atoms with Crippen molar-refractivity contribution in [2.24, 2.45) is 0 Å². The van der Waals surface area contributed by atoms with Crippen molar-refractivity contribution in [3.63, 3.8) is 0 Å². The fourth-order valence-electron chi connectivity index (χ4n) is 2.20. The van der Waals surface area contributed by atoms with Gasteiger partial charge in [0.2, 0.25) is 10.0 Å². The van der Waals surface area contributed by atoms with Crippen LogP contribution in [0.4, 0.5) is 0 Å². The second-order valence-electron chi connectivity index (χ2n) is 4.96. The number of sulfonamides is 1. The summed E-state index contributed by atoms with van der Waals surface area (Å²) >= 11 is 3.48. The quantitative estimate of drug-likeness (QED) is 0.771. The van der Waals surface area contributed by atoms with Crippen LogP contribution in [0.1, 0.15) is 17.2 Å². The molecule has 1 aliphatic carbocycles. The number of fused-ring (bicyclic) bond motifs is 1. The number of hydrogen-bond acceptors (Lipinski definition) is 4. The number of rotatable bonds is 5. The van der Waals surface area contributed by atoms with Crippen molar-refractivity contribution in [3.8, 4) is 0 Å². The van der Waals surface area contributed by atoms with Crippen molar-refractivity contribution in [1.29, 1.82) is 0 Å². The van der Waals surface area contributed by atoms with Crippen LogP contribution < -0.4 is 4.72 Å². The molecule has 0 spiro atoms. The van der Waals surface area contributed by atoms with E-state index in [9.17, 15) is 16.8 Å². The molecule has 0 amide bonds. The summed E-state index contributed by atoms with van der Waals surface area (Å²) in [4.78, 5) is -0.0205. The van der Waals surface area contributed by atoms with E-state index in [-0.39, 0.29) is 16.6 Å². The third kappa shape index (κ3) is 4.03. The Morgan fingerprint density at radius 3 is 2.50 bits per heavy atom. The molecule has 1 N–H and O–H groups in total. The molecule has 8 heteroatoms. The maximum atomic E-state index is 12.0. The van der Waals surface area contributed by atoms with Gasteiger partial charge in [0.15, 0.2) is 0 Å². The van der Waals surface area contributed by atoms with Crippen molar-refractivity contribution < 1.29 is 16.8 Å². The van der Waals surface area contributed by atoms with E-state index >= 15 is 0 Å². The fraction of sp³-hybridized carbons (Fsp3) is 0.500. The molecule has 20 heavy (non-hydrogen) atoms. The summed E-state index contributed by atoms with van der Waals surface area (Å²) in [7, 11) is -6.93. The van der Waals surface area contributed by atoms with Gasteiger partial charge in [0, 0.05) is 11.1 Å². The van der Waals surface area contributed by atoms with Crippen LogP contribution in [0.5, 0.6) is 0 Å². The monoisotopic (exact) mass is 381 g/mol. The van der Waals surface area contributed by atoms with Gasteiger partial charge in [-0.2, -0.15) is 0 Å². The number of halogens is 1. The Morgan fingerprint density at radius 1 is 1.20 bits per heavy atom. The largest absolute Gasteiger partial charge is 0.229 e. The van der Waals surface area contributed by atoms with Gasteiger partial charge in [-0.3, -0.25) is 0 Å². The highest BCUT2D eigenvalue weighted by Crippen LogP contribution is 2.36.